The van der Waals surface area contributed by atoms with Crippen molar-refractivity contribution in [1.29, 1.82) is 0 Å². The second-order valence-corrected chi connectivity index (χ2v) is 5.43. The van der Waals surface area contributed by atoms with Crippen molar-refractivity contribution in [2.24, 2.45) is 5.92 Å². The first-order valence-corrected chi connectivity index (χ1v) is 6.39. The molecular weight excluding hydrogens is 269 g/mol. The summed E-state index contributed by atoms with van der Waals surface area (Å²) in [5, 5.41) is 3.26. The van der Waals surface area contributed by atoms with Gasteiger partial charge in [0, 0.05) is 10.5 Å². The third-order valence-corrected chi connectivity index (χ3v) is 3.54. The third kappa shape index (κ3) is 3.05. The van der Waals surface area contributed by atoms with Gasteiger partial charge in [0.25, 0.3) is 0 Å². The highest BCUT2D eigenvalue weighted by Crippen LogP contribution is 2.27. The summed E-state index contributed by atoms with van der Waals surface area (Å²) in [7, 11) is 1.93. The van der Waals surface area contributed by atoms with E-state index in [1.54, 1.807) is 0 Å². The second-order valence-electron chi connectivity index (χ2n) is 4.51. The average molecular weight is 288 g/mol. The topological polar surface area (TPSA) is 12.0 Å². The smallest absolute Gasteiger partial charge is 0.127 e. The SMILES string of the molecule is CNC(C(C)C)C(C)c1ccc(Br)cc1F. The highest BCUT2D eigenvalue weighted by atomic mass is 79.9. The van der Waals surface area contributed by atoms with Crippen LogP contribution in [-0.2, 0) is 0 Å². The van der Waals surface area contributed by atoms with Gasteiger partial charge in [0.1, 0.15) is 5.82 Å². The fourth-order valence-corrected chi connectivity index (χ4v) is 2.56. The zero-order chi connectivity index (χ0) is 12.3. The molecule has 16 heavy (non-hydrogen) atoms. The van der Waals surface area contributed by atoms with Gasteiger partial charge in [0.2, 0.25) is 0 Å². The predicted molar refractivity (Wildman–Crippen MR) is 70.2 cm³/mol. The lowest BCUT2D eigenvalue weighted by atomic mass is 9.86. The van der Waals surface area contributed by atoms with Crippen LogP contribution < -0.4 is 5.32 Å². The number of hydrogen-bond donors (Lipinski definition) is 1. The number of benzene rings is 1. The molecule has 0 amide bonds. The Morgan fingerprint density at radius 1 is 1.25 bits per heavy atom. The third-order valence-electron chi connectivity index (χ3n) is 3.04. The van der Waals surface area contributed by atoms with Crippen LogP contribution in [0.15, 0.2) is 22.7 Å². The van der Waals surface area contributed by atoms with Gasteiger partial charge in [0.15, 0.2) is 0 Å². The van der Waals surface area contributed by atoms with E-state index in [1.165, 1.54) is 6.07 Å². The molecule has 0 fully saturated rings. The molecule has 2 unspecified atom stereocenters. The summed E-state index contributed by atoms with van der Waals surface area (Å²) in [5.41, 5.74) is 0.774. The van der Waals surface area contributed by atoms with Gasteiger partial charge >= 0.3 is 0 Å². The Kier molecular flexibility index (Phi) is 4.93. The fraction of sp³-hybridized carbons (Fsp3) is 0.538. The number of nitrogens with one attached hydrogen (secondary N) is 1. The molecule has 1 aromatic carbocycles. The highest BCUT2D eigenvalue weighted by molar-refractivity contribution is 9.10. The van der Waals surface area contributed by atoms with Gasteiger partial charge < -0.3 is 5.32 Å². The number of hydrogen-bond acceptors (Lipinski definition) is 1. The van der Waals surface area contributed by atoms with Crippen molar-refractivity contribution < 1.29 is 4.39 Å². The molecule has 0 spiro atoms. The summed E-state index contributed by atoms with van der Waals surface area (Å²) >= 11 is 3.27. The molecule has 0 aromatic heterocycles. The lowest BCUT2D eigenvalue weighted by Crippen LogP contribution is -2.35. The van der Waals surface area contributed by atoms with Crippen molar-refractivity contribution in [3.63, 3.8) is 0 Å². The van der Waals surface area contributed by atoms with Crippen LogP contribution in [0, 0.1) is 11.7 Å². The molecule has 0 aliphatic carbocycles. The first-order valence-electron chi connectivity index (χ1n) is 5.59. The van der Waals surface area contributed by atoms with Gasteiger partial charge in [-0.15, -0.1) is 0 Å². The van der Waals surface area contributed by atoms with E-state index in [2.05, 4.69) is 42.0 Å². The first kappa shape index (κ1) is 13.7. The summed E-state index contributed by atoms with van der Waals surface area (Å²) < 4.78 is 14.6. The van der Waals surface area contributed by atoms with Crippen molar-refractivity contribution in [1.82, 2.24) is 5.32 Å². The van der Waals surface area contributed by atoms with Crippen LogP contribution in [0.3, 0.4) is 0 Å². The summed E-state index contributed by atoms with van der Waals surface area (Å²) in [4.78, 5) is 0. The molecule has 1 N–H and O–H groups in total. The Balaban J connectivity index is 2.99. The van der Waals surface area contributed by atoms with Crippen molar-refractivity contribution in [2.75, 3.05) is 7.05 Å². The largest absolute Gasteiger partial charge is 0.316 e. The van der Waals surface area contributed by atoms with Crippen LogP contribution in [0.4, 0.5) is 4.39 Å². The molecule has 0 aliphatic heterocycles. The standard InChI is InChI=1S/C13H19BrFN/c1-8(2)13(16-4)9(3)11-6-5-10(14)7-12(11)15/h5-9,13,16H,1-4H3. The molecule has 90 valence electrons. The number of halogens is 2. The van der Waals surface area contributed by atoms with Crippen LogP contribution in [0.5, 0.6) is 0 Å². The first-order chi connectivity index (χ1) is 7.47. The monoisotopic (exact) mass is 287 g/mol. The predicted octanol–water partition coefficient (Wildman–Crippen LogP) is 3.94. The van der Waals surface area contributed by atoms with Gasteiger partial charge in [-0.05, 0) is 36.6 Å². The fourth-order valence-electron chi connectivity index (χ4n) is 2.22. The highest BCUT2D eigenvalue weighted by Gasteiger charge is 2.22. The minimum atomic E-state index is -0.136. The minimum Gasteiger partial charge on any atom is -0.316 e. The van der Waals surface area contributed by atoms with E-state index < -0.39 is 0 Å². The molecule has 0 heterocycles. The Morgan fingerprint density at radius 2 is 1.88 bits per heavy atom. The number of likely N-dealkylation sites (N-methyl/N-ethyl adjacent to an activating group) is 1. The molecule has 1 aromatic rings. The van der Waals surface area contributed by atoms with E-state index in [4.69, 9.17) is 0 Å². The van der Waals surface area contributed by atoms with Gasteiger partial charge in [0.05, 0.1) is 0 Å². The maximum atomic E-state index is 13.8. The molecule has 1 rings (SSSR count). The molecule has 0 saturated heterocycles. The Morgan fingerprint density at radius 3 is 2.31 bits per heavy atom. The van der Waals surface area contributed by atoms with Crippen molar-refractivity contribution in [3.05, 3.63) is 34.1 Å². The molecule has 0 bridgehead atoms. The lowest BCUT2D eigenvalue weighted by molar-refractivity contribution is 0.369. The van der Waals surface area contributed by atoms with Gasteiger partial charge in [-0.1, -0.05) is 42.8 Å². The van der Waals surface area contributed by atoms with Crippen LogP contribution in [-0.4, -0.2) is 13.1 Å². The molecule has 0 aliphatic rings. The van der Waals surface area contributed by atoms with Crippen LogP contribution in [0.2, 0.25) is 0 Å². The van der Waals surface area contributed by atoms with E-state index in [-0.39, 0.29) is 17.8 Å². The van der Waals surface area contributed by atoms with Gasteiger partial charge in [-0.3, -0.25) is 0 Å². The van der Waals surface area contributed by atoms with E-state index in [0.717, 1.165) is 10.0 Å². The molecule has 1 nitrogen and oxygen atoms in total. The summed E-state index contributed by atoms with van der Waals surface area (Å²) in [6.07, 6.45) is 0. The maximum absolute atomic E-state index is 13.8. The zero-order valence-corrected chi connectivity index (χ0v) is 11.8. The van der Waals surface area contributed by atoms with Crippen molar-refractivity contribution in [3.8, 4) is 0 Å². The Bertz CT molecular complexity index is 352. The van der Waals surface area contributed by atoms with Crippen molar-refractivity contribution >= 4 is 15.9 Å². The van der Waals surface area contributed by atoms with Crippen molar-refractivity contribution in [2.45, 2.75) is 32.7 Å². The maximum Gasteiger partial charge on any atom is 0.127 e. The lowest BCUT2D eigenvalue weighted by Gasteiger charge is -2.27. The second kappa shape index (κ2) is 5.78. The van der Waals surface area contributed by atoms with Crippen LogP contribution >= 0.6 is 15.9 Å². The van der Waals surface area contributed by atoms with E-state index >= 15 is 0 Å². The Hall–Kier alpha value is -0.410. The van der Waals surface area contributed by atoms with Crippen LogP contribution in [0.1, 0.15) is 32.3 Å². The van der Waals surface area contributed by atoms with E-state index in [1.807, 2.05) is 19.2 Å². The zero-order valence-electron chi connectivity index (χ0n) is 10.2. The van der Waals surface area contributed by atoms with Gasteiger partial charge in [-0.25, -0.2) is 4.39 Å². The average Bonchev–Trinajstić information content (AvgIpc) is 2.17. The molecule has 0 radical (unpaired) electrons. The molecular formula is C13H19BrFN. The molecule has 0 saturated carbocycles. The summed E-state index contributed by atoms with van der Waals surface area (Å²) in [5.74, 6) is 0.504. The van der Waals surface area contributed by atoms with E-state index in [0.29, 0.717) is 5.92 Å². The quantitative estimate of drug-likeness (QED) is 0.885. The number of rotatable bonds is 4. The van der Waals surface area contributed by atoms with E-state index in [9.17, 15) is 4.39 Å². The van der Waals surface area contributed by atoms with Crippen LogP contribution in [0.25, 0.3) is 0 Å². The summed E-state index contributed by atoms with van der Waals surface area (Å²) in [6.45, 7) is 6.36. The van der Waals surface area contributed by atoms with Gasteiger partial charge in [-0.2, -0.15) is 0 Å². The normalized spacial score (nSPS) is 15.2. The minimum absolute atomic E-state index is 0.136. The molecule has 3 heteroatoms. The summed E-state index contributed by atoms with van der Waals surface area (Å²) in [6, 6.07) is 5.56. The Labute approximate surface area is 106 Å². The molecule has 2 atom stereocenters.